The van der Waals surface area contributed by atoms with Crippen LogP contribution in [0.15, 0.2) is 95.9 Å². The zero-order valence-electron chi connectivity index (χ0n) is 27.1. The number of amides is 2. The van der Waals surface area contributed by atoms with E-state index in [1.807, 2.05) is 36.4 Å². The van der Waals surface area contributed by atoms with Gasteiger partial charge in [-0.05, 0) is 42.7 Å². The lowest BCUT2D eigenvalue weighted by Gasteiger charge is -2.28. The van der Waals surface area contributed by atoms with Crippen LogP contribution >= 0.6 is 0 Å². The number of nitrogens with zero attached hydrogens (tertiary/aromatic N) is 4. The molecule has 2 heterocycles. The summed E-state index contributed by atoms with van der Waals surface area (Å²) >= 11 is 0. The van der Waals surface area contributed by atoms with E-state index >= 15 is 0 Å². The fraction of sp³-hybridized carbons (Fsp3) is 0.324. The van der Waals surface area contributed by atoms with Gasteiger partial charge in [-0.1, -0.05) is 67.6 Å². The van der Waals surface area contributed by atoms with Crippen LogP contribution in [0.25, 0.3) is 16.5 Å². The molecular weight excluding hydrogens is 612 g/mol. The third-order valence-electron chi connectivity index (χ3n) is 8.75. The third-order valence-corrected chi connectivity index (χ3v) is 8.75. The van der Waals surface area contributed by atoms with E-state index in [4.69, 9.17) is 4.74 Å². The fourth-order valence-corrected chi connectivity index (χ4v) is 6.06. The summed E-state index contributed by atoms with van der Waals surface area (Å²) in [4.78, 5) is 55.3. The Balaban J connectivity index is 1.43. The van der Waals surface area contributed by atoms with E-state index in [-0.39, 0.29) is 50.0 Å². The van der Waals surface area contributed by atoms with Crippen molar-refractivity contribution in [2.24, 2.45) is 5.92 Å². The number of anilines is 1. The van der Waals surface area contributed by atoms with Crippen LogP contribution in [0.4, 0.5) is 5.69 Å². The van der Waals surface area contributed by atoms with Crippen LogP contribution in [-0.2, 0) is 31.3 Å². The number of fused-ring (bicyclic) bond motifs is 2. The normalized spacial score (nSPS) is 16.3. The smallest absolute Gasteiger partial charge is 0.305 e. The first-order valence-electron chi connectivity index (χ1n) is 16.0. The van der Waals surface area contributed by atoms with Crippen LogP contribution in [0.2, 0.25) is 0 Å². The highest BCUT2D eigenvalue weighted by Gasteiger charge is 2.52. The van der Waals surface area contributed by atoms with E-state index in [1.165, 1.54) is 16.7 Å². The van der Waals surface area contributed by atoms with Crippen LogP contribution < -0.4 is 10.5 Å². The lowest BCUT2D eigenvalue weighted by atomic mass is 9.82. The average molecular weight is 653 g/mol. The number of aliphatic hydroxyl groups is 2. The molecule has 1 aliphatic heterocycles. The highest BCUT2D eigenvalue weighted by Crippen LogP contribution is 2.46. The molecule has 5 rings (SSSR count). The molecule has 11 heteroatoms. The standard InChI is InChI=1S/C37H40N4O7/c1-26(11-10-16-33(43)39(21-22-42)25-27-12-4-3-5-13-27)37(47)31-23-29(41-35(45)30-15-7-6-14-28(30)24-38-41)18-19-32(31)40(36(37)46)20-9-8-17-34(44)48-2/h3-7,10-15,18-19,23-24,26,42,47H,8-9,16-17,20-22,25H2,1-2H3/b11-10+/t26-,37+/m1/s1. The van der Waals surface area contributed by atoms with Gasteiger partial charge in [-0.3, -0.25) is 19.2 Å². The summed E-state index contributed by atoms with van der Waals surface area (Å²) in [6.45, 7) is 2.28. The second kappa shape index (κ2) is 15.2. The van der Waals surface area contributed by atoms with Crippen molar-refractivity contribution in [1.29, 1.82) is 0 Å². The van der Waals surface area contributed by atoms with E-state index in [0.29, 0.717) is 47.1 Å². The largest absolute Gasteiger partial charge is 0.469 e. The maximum Gasteiger partial charge on any atom is 0.305 e. The van der Waals surface area contributed by atoms with E-state index < -0.39 is 17.4 Å². The van der Waals surface area contributed by atoms with Gasteiger partial charge in [-0.2, -0.15) is 9.78 Å². The van der Waals surface area contributed by atoms with Gasteiger partial charge < -0.3 is 24.7 Å². The number of hydrogen-bond donors (Lipinski definition) is 2. The number of methoxy groups -OCH3 is 1. The Bertz CT molecular complexity index is 1870. The highest BCUT2D eigenvalue weighted by atomic mass is 16.5. The molecule has 0 unspecified atom stereocenters. The van der Waals surface area contributed by atoms with Crippen molar-refractivity contribution in [2.45, 2.75) is 44.8 Å². The molecule has 2 amide bonds. The van der Waals surface area contributed by atoms with Gasteiger partial charge in [0.25, 0.3) is 11.5 Å². The summed E-state index contributed by atoms with van der Waals surface area (Å²) in [6.07, 6.45) is 6.06. The Morgan fingerprint density at radius 1 is 1.04 bits per heavy atom. The van der Waals surface area contributed by atoms with Crippen LogP contribution in [0.3, 0.4) is 0 Å². The average Bonchev–Trinajstić information content (AvgIpc) is 3.32. The molecule has 4 aromatic rings. The first-order chi connectivity index (χ1) is 23.2. The number of carbonyl (C=O) groups is 3. The number of aliphatic hydroxyl groups excluding tert-OH is 1. The third kappa shape index (κ3) is 7.07. The molecule has 1 aromatic heterocycles. The predicted molar refractivity (Wildman–Crippen MR) is 181 cm³/mol. The van der Waals surface area contributed by atoms with E-state index in [9.17, 15) is 29.4 Å². The lowest BCUT2D eigenvalue weighted by molar-refractivity contribution is -0.140. The molecular formula is C37H40N4O7. The van der Waals surface area contributed by atoms with Crippen molar-refractivity contribution in [3.05, 3.63) is 113 Å². The summed E-state index contributed by atoms with van der Waals surface area (Å²) in [6, 6.07) is 21.6. The number of aromatic nitrogens is 2. The van der Waals surface area contributed by atoms with Gasteiger partial charge in [0.15, 0.2) is 5.60 Å². The highest BCUT2D eigenvalue weighted by molar-refractivity contribution is 6.07. The lowest BCUT2D eigenvalue weighted by Crippen LogP contribution is -2.44. The number of hydrogen-bond acceptors (Lipinski definition) is 8. The summed E-state index contributed by atoms with van der Waals surface area (Å²) in [5.41, 5.74) is -0.227. The van der Waals surface area contributed by atoms with Crippen molar-refractivity contribution in [1.82, 2.24) is 14.7 Å². The van der Waals surface area contributed by atoms with Gasteiger partial charge >= 0.3 is 5.97 Å². The van der Waals surface area contributed by atoms with Crippen molar-refractivity contribution < 1.29 is 29.3 Å². The predicted octanol–water partition coefficient (Wildman–Crippen LogP) is 3.87. The summed E-state index contributed by atoms with van der Waals surface area (Å²) in [5.74, 6) is -1.86. The maximum atomic E-state index is 14.1. The number of carbonyl (C=O) groups excluding carboxylic acids is 3. The maximum absolute atomic E-state index is 14.1. The van der Waals surface area contributed by atoms with Gasteiger partial charge in [0.05, 0.1) is 36.7 Å². The van der Waals surface area contributed by atoms with Crippen molar-refractivity contribution >= 4 is 34.2 Å². The molecule has 0 saturated carbocycles. The molecule has 250 valence electrons. The van der Waals surface area contributed by atoms with Gasteiger partial charge in [0.2, 0.25) is 5.91 Å². The first kappa shape index (κ1) is 34.2. The van der Waals surface area contributed by atoms with Gasteiger partial charge in [-0.25, -0.2) is 0 Å². The van der Waals surface area contributed by atoms with Crippen LogP contribution in [0.1, 0.15) is 43.7 Å². The molecule has 2 atom stereocenters. The van der Waals surface area contributed by atoms with Crippen LogP contribution in [-0.4, -0.2) is 69.5 Å². The zero-order chi connectivity index (χ0) is 34.3. The molecule has 11 nitrogen and oxygen atoms in total. The molecule has 0 aliphatic carbocycles. The second-order valence-corrected chi connectivity index (χ2v) is 11.9. The quantitative estimate of drug-likeness (QED) is 0.119. The number of esters is 1. The first-order valence-corrected chi connectivity index (χ1v) is 16.0. The van der Waals surface area contributed by atoms with E-state index in [1.54, 1.807) is 66.6 Å². The molecule has 1 aliphatic rings. The molecule has 0 radical (unpaired) electrons. The number of rotatable bonds is 14. The van der Waals surface area contributed by atoms with Gasteiger partial charge in [0.1, 0.15) is 0 Å². The number of unbranched alkanes of at least 4 members (excludes halogenated alkanes) is 1. The molecule has 3 aromatic carbocycles. The second-order valence-electron chi connectivity index (χ2n) is 11.9. The van der Waals surface area contributed by atoms with E-state index in [0.717, 1.165) is 5.56 Å². The Morgan fingerprint density at radius 2 is 1.79 bits per heavy atom. The molecule has 2 N–H and O–H groups in total. The topological polar surface area (TPSA) is 142 Å². The number of ether oxygens (including phenoxy) is 1. The Morgan fingerprint density at radius 3 is 2.54 bits per heavy atom. The monoisotopic (exact) mass is 652 g/mol. The SMILES string of the molecule is COC(=O)CCCCN1C(=O)[C@](O)([C@H](C)/C=C/CC(=O)N(CCO)Cc2ccccc2)c2cc(-n3ncc4ccccc4c3=O)ccc21. The van der Waals surface area contributed by atoms with Crippen molar-refractivity contribution in [3.8, 4) is 5.69 Å². The molecule has 48 heavy (non-hydrogen) atoms. The minimum Gasteiger partial charge on any atom is -0.469 e. The molecule has 0 saturated heterocycles. The summed E-state index contributed by atoms with van der Waals surface area (Å²) in [5, 5.41) is 27.3. The van der Waals surface area contributed by atoms with Gasteiger partial charge in [0, 0.05) is 49.3 Å². The number of benzene rings is 3. The van der Waals surface area contributed by atoms with Crippen LogP contribution in [0, 0.1) is 5.92 Å². The zero-order valence-corrected chi connectivity index (χ0v) is 27.1. The van der Waals surface area contributed by atoms with Crippen LogP contribution in [0.5, 0.6) is 0 Å². The minimum atomic E-state index is -2.01. The Hall–Kier alpha value is -5.13. The molecule has 0 spiro atoms. The van der Waals surface area contributed by atoms with Crippen molar-refractivity contribution in [3.63, 3.8) is 0 Å². The van der Waals surface area contributed by atoms with E-state index in [2.05, 4.69) is 5.10 Å². The Kier molecular flexibility index (Phi) is 10.8. The van der Waals surface area contributed by atoms with Gasteiger partial charge in [-0.15, -0.1) is 0 Å². The molecule has 0 bridgehead atoms. The van der Waals surface area contributed by atoms with Crippen molar-refractivity contribution in [2.75, 3.05) is 31.7 Å². The Labute approximate surface area is 278 Å². The fourth-order valence-electron chi connectivity index (χ4n) is 6.06. The molecule has 0 fully saturated rings. The summed E-state index contributed by atoms with van der Waals surface area (Å²) < 4.78 is 5.97. The minimum absolute atomic E-state index is 0.00197. The summed E-state index contributed by atoms with van der Waals surface area (Å²) in [7, 11) is 1.33.